The zero-order valence-electron chi connectivity index (χ0n) is 28.1. The quantitative estimate of drug-likeness (QED) is 0.154. The van der Waals surface area contributed by atoms with Gasteiger partial charge in [-0.1, -0.05) is 18.2 Å². The van der Waals surface area contributed by atoms with Crippen LogP contribution in [0, 0.1) is 0 Å². The predicted octanol–water partition coefficient (Wildman–Crippen LogP) is 6.63. The van der Waals surface area contributed by atoms with Crippen molar-refractivity contribution < 1.29 is 42.1 Å². The summed E-state index contributed by atoms with van der Waals surface area (Å²) in [5.41, 5.74) is -1.29. The number of alkyl halides is 3. The fourth-order valence-electron chi connectivity index (χ4n) is 7.04. The molecule has 2 amide bonds. The van der Waals surface area contributed by atoms with Gasteiger partial charge in [0.25, 0.3) is 11.8 Å². The number of aromatic nitrogens is 1. The molecule has 3 aromatic rings. The first kappa shape index (κ1) is 36.2. The van der Waals surface area contributed by atoms with Gasteiger partial charge in [-0.2, -0.15) is 13.2 Å². The number of nitrogens with zero attached hydrogens (tertiary/aromatic N) is 4. The van der Waals surface area contributed by atoms with Gasteiger partial charge in [-0.3, -0.25) is 19.4 Å². The van der Waals surface area contributed by atoms with Gasteiger partial charge in [-0.05, 0) is 73.2 Å². The van der Waals surface area contributed by atoms with Gasteiger partial charge in [0.1, 0.15) is 5.75 Å². The van der Waals surface area contributed by atoms with E-state index in [4.69, 9.17) is 14.6 Å². The molecule has 2 saturated heterocycles. The molecule has 2 aliphatic heterocycles. The summed E-state index contributed by atoms with van der Waals surface area (Å²) in [6.07, 6.45) is 1.97. The number of hydrogen-bond donors (Lipinski definition) is 1. The van der Waals surface area contributed by atoms with Crippen LogP contribution in [0.1, 0.15) is 72.3 Å². The second-order valence-electron chi connectivity index (χ2n) is 13.1. The van der Waals surface area contributed by atoms with Crippen LogP contribution in [-0.2, 0) is 15.8 Å². The Morgan fingerprint density at radius 3 is 2.57 bits per heavy atom. The van der Waals surface area contributed by atoms with Crippen LogP contribution in [0.25, 0.3) is 0 Å². The highest BCUT2D eigenvalue weighted by Gasteiger charge is 2.56. The molecular formula is C37H41F3N4O6S. The van der Waals surface area contributed by atoms with Crippen molar-refractivity contribution in [3.05, 3.63) is 83.5 Å². The zero-order valence-corrected chi connectivity index (χ0v) is 29.0. The topological polar surface area (TPSA) is 113 Å². The Morgan fingerprint density at radius 2 is 1.86 bits per heavy atom. The summed E-state index contributed by atoms with van der Waals surface area (Å²) < 4.78 is 54.9. The van der Waals surface area contributed by atoms with Crippen LogP contribution in [-0.4, -0.2) is 88.6 Å². The number of pyridine rings is 1. The van der Waals surface area contributed by atoms with E-state index in [1.807, 2.05) is 35.7 Å². The Kier molecular flexibility index (Phi) is 10.9. The van der Waals surface area contributed by atoms with Gasteiger partial charge < -0.3 is 29.3 Å². The molecule has 1 aromatic carbocycles. The molecule has 2 atom stereocenters. The molecule has 1 N–H and O–H groups in total. The molecule has 51 heavy (non-hydrogen) atoms. The number of thiophene rings is 1. The van der Waals surface area contributed by atoms with Crippen molar-refractivity contribution in [1.29, 1.82) is 0 Å². The SMILES string of the molecule is C=CC[C@H]1N(C(=O)c2cnccc2C(F)(F)F)CCC[C@@]1(Oc1cc(C2CC2)cs1)C(=O)N1CCN(c2ccccc2OCCCC(=O)O)CC1. The van der Waals surface area contributed by atoms with E-state index in [-0.39, 0.29) is 38.3 Å². The van der Waals surface area contributed by atoms with Crippen molar-refractivity contribution in [2.24, 2.45) is 0 Å². The van der Waals surface area contributed by atoms with Crippen molar-refractivity contribution in [2.75, 3.05) is 44.2 Å². The van der Waals surface area contributed by atoms with Gasteiger partial charge in [-0.15, -0.1) is 17.9 Å². The first-order chi connectivity index (χ1) is 24.5. The van der Waals surface area contributed by atoms with Crippen molar-refractivity contribution in [3.63, 3.8) is 0 Å². The van der Waals surface area contributed by atoms with Crippen LogP contribution in [0.15, 0.2) is 66.8 Å². The van der Waals surface area contributed by atoms with Crippen LogP contribution < -0.4 is 14.4 Å². The van der Waals surface area contributed by atoms with E-state index in [1.165, 1.54) is 16.2 Å². The minimum absolute atomic E-state index is 0.00173. The summed E-state index contributed by atoms with van der Waals surface area (Å²) in [6, 6.07) is 9.27. The van der Waals surface area contributed by atoms with Gasteiger partial charge in [0.15, 0.2) is 5.06 Å². The third-order valence-electron chi connectivity index (χ3n) is 9.72. The molecule has 4 heterocycles. The Labute approximate surface area is 298 Å². The number of benzene rings is 1. The maximum absolute atomic E-state index is 14.9. The molecule has 6 rings (SSSR count). The normalized spacial score (nSPS) is 20.9. The van der Waals surface area contributed by atoms with Crippen LogP contribution >= 0.6 is 11.3 Å². The number of amides is 2. The highest BCUT2D eigenvalue weighted by molar-refractivity contribution is 7.12. The van der Waals surface area contributed by atoms with Gasteiger partial charge in [0.05, 0.1) is 29.5 Å². The number of aliphatic carboxylic acids is 1. The molecule has 3 fully saturated rings. The third kappa shape index (κ3) is 8.00. The Hall–Kier alpha value is -4.59. The number of anilines is 1. The first-order valence-electron chi connectivity index (χ1n) is 17.2. The van der Waals surface area contributed by atoms with E-state index < -0.39 is 40.8 Å². The fourth-order valence-corrected chi connectivity index (χ4v) is 7.96. The van der Waals surface area contributed by atoms with E-state index in [9.17, 15) is 27.6 Å². The van der Waals surface area contributed by atoms with Crippen LogP contribution in [0.4, 0.5) is 18.9 Å². The number of carboxylic acids is 1. The second-order valence-corrected chi connectivity index (χ2v) is 14.0. The molecule has 2 aromatic heterocycles. The highest BCUT2D eigenvalue weighted by atomic mass is 32.1. The molecule has 1 aliphatic carbocycles. The number of para-hydroxylation sites is 2. The Morgan fingerprint density at radius 1 is 1.10 bits per heavy atom. The Bertz CT molecular complexity index is 1740. The number of piperidine rings is 1. The van der Waals surface area contributed by atoms with Crippen LogP contribution in [0.2, 0.25) is 0 Å². The Balaban J connectivity index is 1.28. The zero-order chi connectivity index (χ0) is 36.2. The number of ether oxygens (including phenoxy) is 2. The summed E-state index contributed by atoms with van der Waals surface area (Å²) in [7, 11) is 0. The molecule has 0 radical (unpaired) electrons. The minimum Gasteiger partial charge on any atom is -0.491 e. The lowest BCUT2D eigenvalue weighted by molar-refractivity contribution is -0.158. The van der Waals surface area contributed by atoms with Gasteiger partial charge >= 0.3 is 12.1 Å². The molecule has 0 unspecified atom stereocenters. The average molecular weight is 727 g/mol. The minimum atomic E-state index is -4.78. The van der Waals surface area contributed by atoms with Crippen molar-refractivity contribution in [2.45, 2.75) is 68.7 Å². The summed E-state index contributed by atoms with van der Waals surface area (Å²) in [5.74, 6) is -1.01. The fraction of sp³-hybridized carbons (Fsp3) is 0.459. The van der Waals surface area contributed by atoms with E-state index in [1.54, 1.807) is 11.0 Å². The highest BCUT2D eigenvalue weighted by Crippen LogP contribution is 2.46. The second kappa shape index (κ2) is 15.3. The molecule has 1 saturated carbocycles. The molecule has 14 heteroatoms. The lowest BCUT2D eigenvalue weighted by Crippen LogP contribution is -2.69. The smallest absolute Gasteiger partial charge is 0.417 e. The summed E-state index contributed by atoms with van der Waals surface area (Å²) in [5, 5.41) is 11.5. The number of halogens is 3. The van der Waals surface area contributed by atoms with Gasteiger partial charge in [0.2, 0.25) is 5.60 Å². The largest absolute Gasteiger partial charge is 0.491 e. The number of carbonyl (C=O) groups is 3. The standard InChI is InChI=1S/C37H41F3N4O6S/c1-2-7-31-36(50-33-22-26(24-51-33)25-11-12-25,14-6-16-44(31)34(47)27-23-41-15-13-28(27)37(38,39)40)35(48)43-19-17-42(18-20-43)29-8-3-4-9-30(29)49-21-5-10-32(45)46/h2-4,8-9,13,15,22-25,31H,1,5-7,10-12,14,16-21H2,(H,45,46)/t31-,36+/m1/s1. The lowest BCUT2D eigenvalue weighted by atomic mass is 9.80. The predicted molar refractivity (Wildman–Crippen MR) is 185 cm³/mol. The van der Waals surface area contributed by atoms with Crippen LogP contribution in [0.5, 0.6) is 10.8 Å². The monoisotopic (exact) mass is 726 g/mol. The molecule has 272 valence electrons. The maximum Gasteiger partial charge on any atom is 0.417 e. The van der Waals surface area contributed by atoms with Crippen molar-refractivity contribution >= 4 is 34.8 Å². The summed E-state index contributed by atoms with van der Waals surface area (Å²) in [4.78, 5) is 49.0. The van der Waals surface area contributed by atoms with E-state index >= 15 is 0 Å². The van der Waals surface area contributed by atoms with E-state index in [0.717, 1.165) is 42.6 Å². The molecule has 3 aliphatic rings. The van der Waals surface area contributed by atoms with E-state index in [0.29, 0.717) is 55.8 Å². The molecule has 0 spiro atoms. The number of hydrogen-bond acceptors (Lipinski definition) is 8. The molecule has 0 bridgehead atoms. The summed E-state index contributed by atoms with van der Waals surface area (Å²) >= 11 is 1.38. The van der Waals surface area contributed by atoms with Crippen molar-refractivity contribution in [3.8, 4) is 10.8 Å². The summed E-state index contributed by atoms with van der Waals surface area (Å²) in [6.45, 7) is 5.84. The van der Waals surface area contributed by atoms with Crippen molar-refractivity contribution in [1.82, 2.24) is 14.8 Å². The van der Waals surface area contributed by atoms with Gasteiger partial charge in [-0.25, -0.2) is 0 Å². The first-order valence-corrected chi connectivity index (χ1v) is 18.1. The maximum atomic E-state index is 14.9. The van der Waals surface area contributed by atoms with E-state index in [2.05, 4.69) is 16.5 Å². The number of piperazine rings is 1. The lowest BCUT2D eigenvalue weighted by Gasteiger charge is -2.50. The number of carbonyl (C=O) groups excluding carboxylic acids is 2. The molecular weight excluding hydrogens is 685 g/mol. The van der Waals surface area contributed by atoms with Gasteiger partial charge in [0, 0.05) is 58.0 Å². The number of carboxylic acid groups (broad SMARTS) is 1. The molecule has 10 nitrogen and oxygen atoms in total. The number of likely N-dealkylation sites (tertiary alicyclic amines) is 1. The van der Waals surface area contributed by atoms with Crippen LogP contribution in [0.3, 0.4) is 0 Å². The third-order valence-corrected chi connectivity index (χ3v) is 10.5. The number of rotatable bonds is 13. The average Bonchev–Trinajstić information content (AvgIpc) is 3.88.